The molecule has 0 aliphatic carbocycles. The molecule has 0 radical (unpaired) electrons. The fraction of sp³-hybridized carbons (Fsp3) is 0.381. The zero-order chi connectivity index (χ0) is 18.4. The van der Waals surface area contributed by atoms with Gasteiger partial charge in [0.1, 0.15) is 5.82 Å². The molecule has 0 atom stereocenters. The van der Waals surface area contributed by atoms with Crippen LogP contribution in [0.5, 0.6) is 11.5 Å². The van der Waals surface area contributed by atoms with Crippen LogP contribution in [0.3, 0.4) is 0 Å². The van der Waals surface area contributed by atoms with Crippen molar-refractivity contribution >= 4 is 11.6 Å². The number of carbonyl (C=O) groups is 1. The van der Waals surface area contributed by atoms with Crippen molar-refractivity contribution in [3.05, 3.63) is 53.8 Å². The first-order chi connectivity index (χ1) is 12.7. The Kier molecular flexibility index (Phi) is 6.10. The van der Waals surface area contributed by atoms with Crippen LogP contribution in [0.2, 0.25) is 0 Å². The Labute approximate surface area is 153 Å². The number of hydrogen-bond acceptors (Lipinski definition) is 3. The molecule has 0 bridgehead atoms. The van der Waals surface area contributed by atoms with E-state index in [4.69, 9.17) is 9.47 Å². The molecule has 1 amide bonds. The summed E-state index contributed by atoms with van der Waals surface area (Å²) < 4.78 is 25.4. The Morgan fingerprint density at radius 3 is 2.65 bits per heavy atom. The SMILES string of the molecule is CCOc1ccccc1OCCCC(=O)N1CCCc2cccc(F)c21. The van der Waals surface area contributed by atoms with Crippen molar-refractivity contribution in [3.8, 4) is 11.5 Å². The number of ether oxygens (including phenoxy) is 2. The standard InChI is InChI=1S/C21H24FNO3/c1-2-25-18-11-3-4-12-19(18)26-15-7-13-20(24)23-14-6-9-16-8-5-10-17(22)21(16)23/h3-5,8,10-12H,2,6-7,9,13-15H2,1H3. The summed E-state index contributed by atoms with van der Waals surface area (Å²) in [5.74, 6) is 1.000. The summed E-state index contributed by atoms with van der Waals surface area (Å²) >= 11 is 0. The number of rotatable bonds is 7. The van der Waals surface area contributed by atoms with Gasteiger partial charge in [0, 0.05) is 13.0 Å². The number of amides is 1. The topological polar surface area (TPSA) is 38.8 Å². The van der Waals surface area contributed by atoms with Crippen molar-refractivity contribution in [2.45, 2.75) is 32.6 Å². The van der Waals surface area contributed by atoms with Gasteiger partial charge in [-0.2, -0.15) is 0 Å². The zero-order valence-corrected chi connectivity index (χ0v) is 15.0. The first kappa shape index (κ1) is 18.2. The summed E-state index contributed by atoms with van der Waals surface area (Å²) in [6.07, 6.45) is 2.57. The van der Waals surface area contributed by atoms with Gasteiger partial charge < -0.3 is 14.4 Å². The highest BCUT2D eigenvalue weighted by molar-refractivity contribution is 5.94. The van der Waals surface area contributed by atoms with E-state index in [0.717, 1.165) is 18.4 Å². The Hall–Kier alpha value is -2.56. The van der Waals surface area contributed by atoms with Gasteiger partial charge in [0.05, 0.1) is 18.9 Å². The maximum absolute atomic E-state index is 14.2. The van der Waals surface area contributed by atoms with Gasteiger partial charge in [-0.25, -0.2) is 4.39 Å². The van der Waals surface area contributed by atoms with Crippen LogP contribution in [0, 0.1) is 5.82 Å². The number of benzene rings is 2. The lowest BCUT2D eigenvalue weighted by Gasteiger charge is -2.30. The maximum Gasteiger partial charge on any atom is 0.227 e. The second-order valence-electron chi connectivity index (χ2n) is 6.23. The number of fused-ring (bicyclic) bond motifs is 1. The van der Waals surface area contributed by atoms with E-state index in [1.807, 2.05) is 37.3 Å². The monoisotopic (exact) mass is 357 g/mol. The van der Waals surface area contributed by atoms with Crippen LogP contribution in [0.15, 0.2) is 42.5 Å². The van der Waals surface area contributed by atoms with E-state index >= 15 is 0 Å². The molecule has 2 aromatic rings. The van der Waals surface area contributed by atoms with Gasteiger partial charge in [0.25, 0.3) is 0 Å². The van der Waals surface area contributed by atoms with Crippen molar-refractivity contribution in [1.82, 2.24) is 0 Å². The van der Waals surface area contributed by atoms with Gasteiger partial charge in [-0.1, -0.05) is 24.3 Å². The molecule has 0 saturated carbocycles. The van der Waals surface area contributed by atoms with E-state index in [2.05, 4.69) is 0 Å². The summed E-state index contributed by atoms with van der Waals surface area (Å²) in [4.78, 5) is 14.2. The van der Waals surface area contributed by atoms with Gasteiger partial charge in [-0.05, 0) is 49.9 Å². The van der Waals surface area contributed by atoms with Crippen LogP contribution in [0.25, 0.3) is 0 Å². The third kappa shape index (κ3) is 4.15. The third-order valence-electron chi connectivity index (χ3n) is 4.41. The van der Waals surface area contributed by atoms with Crippen LogP contribution in [0.4, 0.5) is 10.1 Å². The third-order valence-corrected chi connectivity index (χ3v) is 4.41. The summed E-state index contributed by atoms with van der Waals surface area (Å²) in [7, 11) is 0. The second kappa shape index (κ2) is 8.70. The molecule has 0 unspecified atom stereocenters. The van der Waals surface area contributed by atoms with Gasteiger partial charge >= 0.3 is 0 Å². The molecule has 0 fully saturated rings. The quantitative estimate of drug-likeness (QED) is 0.691. The minimum Gasteiger partial charge on any atom is -0.490 e. The molecule has 0 N–H and O–H groups in total. The van der Waals surface area contributed by atoms with Gasteiger partial charge in [-0.3, -0.25) is 4.79 Å². The number of hydrogen-bond donors (Lipinski definition) is 0. The van der Waals surface area contributed by atoms with Gasteiger partial charge in [0.15, 0.2) is 11.5 Å². The molecular formula is C21H24FNO3. The minimum atomic E-state index is -0.322. The molecule has 138 valence electrons. The van der Waals surface area contributed by atoms with Gasteiger partial charge in [0.2, 0.25) is 5.91 Å². The average molecular weight is 357 g/mol. The molecule has 0 spiro atoms. The Balaban J connectivity index is 1.55. The first-order valence-corrected chi connectivity index (χ1v) is 9.13. The molecule has 0 aromatic heterocycles. The van der Waals surface area contributed by atoms with E-state index in [1.165, 1.54) is 6.07 Å². The highest BCUT2D eigenvalue weighted by Gasteiger charge is 2.25. The first-order valence-electron chi connectivity index (χ1n) is 9.13. The predicted molar refractivity (Wildman–Crippen MR) is 99.4 cm³/mol. The van der Waals surface area contributed by atoms with Crippen molar-refractivity contribution in [3.63, 3.8) is 0 Å². The fourth-order valence-electron chi connectivity index (χ4n) is 3.24. The molecule has 1 heterocycles. The van der Waals surface area contributed by atoms with Crippen molar-refractivity contribution in [2.24, 2.45) is 0 Å². The highest BCUT2D eigenvalue weighted by atomic mass is 19.1. The molecule has 3 rings (SSSR count). The summed E-state index contributed by atoms with van der Waals surface area (Å²) in [6.45, 7) is 3.47. The summed E-state index contributed by atoms with van der Waals surface area (Å²) in [5.41, 5.74) is 1.36. The Morgan fingerprint density at radius 1 is 1.12 bits per heavy atom. The molecule has 2 aromatic carbocycles. The van der Waals surface area contributed by atoms with Crippen LogP contribution in [-0.4, -0.2) is 25.7 Å². The van der Waals surface area contributed by atoms with Crippen molar-refractivity contribution in [2.75, 3.05) is 24.7 Å². The molecule has 26 heavy (non-hydrogen) atoms. The Morgan fingerprint density at radius 2 is 1.88 bits per heavy atom. The number of carbonyl (C=O) groups excluding carboxylic acids is 1. The minimum absolute atomic E-state index is 0.0576. The largest absolute Gasteiger partial charge is 0.490 e. The molecule has 1 aliphatic heterocycles. The second-order valence-corrected chi connectivity index (χ2v) is 6.23. The van der Waals surface area contributed by atoms with Crippen LogP contribution < -0.4 is 14.4 Å². The molecule has 0 saturated heterocycles. The predicted octanol–water partition coefficient (Wildman–Crippen LogP) is 4.36. The smallest absolute Gasteiger partial charge is 0.227 e. The number of nitrogens with zero attached hydrogens (tertiary/aromatic N) is 1. The molecule has 1 aliphatic rings. The van der Waals surface area contributed by atoms with Crippen LogP contribution >= 0.6 is 0 Å². The fourth-order valence-corrected chi connectivity index (χ4v) is 3.24. The Bertz CT molecular complexity index is 763. The van der Waals surface area contributed by atoms with E-state index < -0.39 is 0 Å². The van der Waals surface area contributed by atoms with Crippen LogP contribution in [0.1, 0.15) is 31.7 Å². The van der Waals surface area contributed by atoms with Crippen molar-refractivity contribution < 1.29 is 18.7 Å². The van der Waals surface area contributed by atoms with E-state index in [1.54, 1.807) is 11.0 Å². The molecule has 4 nitrogen and oxygen atoms in total. The zero-order valence-electron chi connectivity index (χ0n) is 15.0. The lowest BCUT2D eigenvalue weighted by Crippen LogP contribution is -2.36. The molecular weight excluding hydrogens is 333 g/mol. The number of para-hydroxylation sites is 3. The highest BCUT2D eigenvalue weighted by Crippen LogP contribution is 2.31. The number of anilines is 1. The number of aryl methyl sites for hydroxylation is 1. The van der Waals surface area contributed by atoms with Crippen molar-refractivity contribution in [1.29, 1.82) is 0 Å². The lowest BCUT2D eigenvalue weighted by molar-refractivity contribution is -0.119. The van der Waals surface area contributed by atoms with E-state index in [9.17, 15) is 9.18 Å². The van der Waals surface area contributed by atoms with Crippen LogP contribution in [-0.2, 0) is 11.2 Å². The number of halogens is 1. The summed E-state index contributed by atoms with van der Waals surface area (Å²) in [6, 6.07) is 12.5. The maximum atomic E-state index is 14.2. The normalized spacial score (nSPS) is 13.2. The lowest BCUT2D eigenvalue weighted by atomic mass is 10.0. The summed E-state index contributed by atoms with van der Waals surface area (Å²) in [5, 5.41) is 0. The average Bonchev–Trinajstić information content (AvgIpc) is 2.66. The molecule has 5 heteroatoms. The van der Waals surface area contributed by atoms with Gasteiger partial charge in [-0.15, -0.1) is 0 Å². The van der Waals surface area contributed by atoms with E-state index in [-0.39, 0.29) is 11.7 Å². The van der Waals surface area contributed by atoms with E-state index in [0.29, 0.717) is 49.8 Å².